The average Bonchev–Trinajstić information content (AvgIpc) is 2.57. The molecule has 0 unspecified atom stereocenters. The highest BCUT2D eigenvalue weighted by Crippen LogP contribution is 2.28. The smallest absolute Gasteiger partial charge is 0.0418 e. The van der Waals surface area contributed by atoms with Gasteiger partial charge in [-0.1, -0.05) is 50.8 Å². The van der Waals surface area contributed by atoms with Crippen LogP contribution in [0.15, 0.2) is 22.7 Å². The molecule has 1 saturated heterocycles. The topological polar surface area (TPSA) is 3.24 Å². The Hall–Kier alpha value is -0.0200. The predicted molar refractivity (Wildman–Crippen MR) is 77.5 cm³/mol. The zero-order valence-electron chi connectivity index (χ0n) is 9.38. The molecule has 16 heavy (non-hydrogen) atoms. The van der Waals surface area contributed by atoms with E-state index in [0.717, 1.165) is 5.33 Å². The summed E-state index contributed by atoms with van der Waals surface area (Å²) in [6, 6.07) is 6.58. The van der Waals surface area contributed by atoms with Gasteiger partial charge >= 0.3 is 0 Å². The molecule has 1 aliphatic rings. The lowest BCUT2D eigenvalue weighted by Gasteiger charge is -2.25. The number of hydrogen-bond acceptors (Lipinski definition) is 1. The maximum atomic E-state index is 3.58. The number of hydrogen-bond donors (Lipinski definition) is 0. The minimum absolute atomic E-state index is 0.937. The van der Waals surface area contributed by atoms with Gasteiger partial charge in [-0.25, -0.2) is 0 Å². The molecule has 0 spiro atoms. The Morgan fingerprint density at radius 3 is 2.38 bits per heavy atom. The Kier molecular flexibility index (Phi) is 4.71. The van der Waals surface area contributed by atoms with Gasteiger partial charge in [0.1, 0.15) is 0 Å². The van der Waals surface area contributed by atoms with Crippen molar-refractivity contribution in [3.63, 3.8) is 0 Å². The van der Waals surface area contributed by atoms with Gasteiger partial charge in [0.05, 0.1) is 0 Å². The van der Waals surface area contributed by atoms with Crippen LogP contribution in [-0.4, -0.2) is 13.1 Å². The van der Waals surface area contributed by atoms with Gasteiger partial charge in [0, 0.05) is 28.6 Å². The summed E-state index contributed by atoms with van der Waals surface area (Å²) in [5.41, 5.74) is 2.79. The Morgan fingerprint density at radius 2 is 1.75 bits per heavy atom. The SMILES string of the molecule is BrCc1ccc(Br)cc1N1CCCCCC1. The monoisotopic (exact) mass is 345 g/mol. The van der Waals surface area contributed by atoms with Crippen molar-refractivity contribution in [1.29, 1.82) is 0 Å². The molecule has 1 nitrogen and oxygen atoms in total. The Balaban J connectivity index is 2.25. The first-order valence-corrected chi connectivity index (χ1v) is 7.82. The van der Waals surface area contributed by atoms with Crippen LogP contribution in [-0.2, 0) is 5.33 Å². The van der Waals surface area contributed by atoms with Crippen molar-refractivity contribution in [2.45, 2.75) is 31.0 Å². The minimum Gasteiger partial charge on any atom is -0.371 e. The predicted octanol–water partition coefficient (Wildman–Crippen LogP) is 4.72. The first-order valence-electron chi connectivity index (χ1n) is 5.90. The van der Waals surface area contributed by atoms with Crippen LogP contribution in [0, 0.1) is 0 Å². The highest BCUT2D eigenvalue weighted by molar-refractivity contribution is 9.10. The first-order chi connectivity index (χ1) is 7.81. The molecule has 0 N–H and O–H groups in total. The van der Waals surface area contributed by atoms with Crippen molar-refractivity contribution in [3.05, 3.63) is 28.2 Å². The van der Waals surface area contributed by atoms with Crippen molar-refractivity contribution in [2.75, 3.05) is 18.0 Å². The second-order valence-electron chi connectivity index (χ2n) is 4.31. The van der Waals surface area contributed by atoms with Crippen molar-refractivity contribution < 1.29 is 0 Å². The van der Waals surface area contributed by atoms with E-state index in [2.05, 4.69) is 55.0 Å². The van der Waals surface area contributed by atoms with Gasteiger partial charge in [-0.2, -0.15) is 0 Å². The van der Waals surface area contributed by atoms with Crippen LogP contribution in [0.25, 0.3) is 0 Å². The molecule has 1 heterocycles. The van der Waals surface area contributed by atoms with Gasteiger partial charge in [0.15, 0.2) is 0 Å². The lowest BCUT2D eigenvalue weighted by molar-refractivity contribution is 0.726. The summed E-state index contributed by atoms with van der Waals surface area (Å²) >= 11 is 7.15. The molecule has 1 aromatic carbocycles. The maximum absolute atomic E-state index is 3.58. The normalized spacial score (nSPS) is 17.2. The molecule has 0 aliphatic carbocycles. The van der Waals surface area contributed by atoms with Crippen LogP contribution in [0.1, 0.15) is 31.2 Å². The number of benzene rings is 1. The number of rotatable bonds is 2. The molecular weight excluding hydrogens is 330 g/mol. The summed E-state index contributed by atoms with van der Waals surface area (Å²) in [4.78, 5) is 2.54. The quantitative estimate of drug-likeness (QED) is 0.700. The second kappa shape index (κ2) is 6.06. The van der Waals surface area contributed by atoms with E-state index in [-0.39, 0.29) is 0 Å². The van der Waals surface area contributed by atoms with Gasteiger partial charge in [0.25, 0.3) is 0 Å². The fraction of sp³-hybridized carbons (Fsp3) is 0.538. The van der Waals surface area contributed by atoms with Crippen molar-refractivity contribution in [1.82, 2.24) is 0 Å². The van der Waals surface area contributed by atoms with Gasteiger partial charge in [-0.3, -0.25) is 0 Å². The molecule has 0 atom stereocenters. The van der Waals surface area contributed by atoms with E-state index in [0.29, 0.717) is 0 Å². The fourth-order valence-corrected chi connectivity index (χ4v) is 3.08. The highest BCUT2D eigenvalue weighted by atomic mass is 79.9. The van der Waals surface area contributed by atoms with Crippen molar-refractivity contribution in [3.8, 4) is 0 Å². The van der Waals surface area contributed by atoms with Crippen LogP contribution in [0.3, 0.4) is 0 Å². The van der Waals surface area contributed by atoms with E-state index < -0.39 is 0 Å². The van der Waals surface area contributed by atoms with Crippen LogP contribution < -0.4 is 4.90 Å². The molecule has 2 rings (SSSR count). The second-order valence-corrected chi connectivity index (χ2v) is 5.78. The fourth-order valence-electron chi connectivity index (χ4n) is 2.26. The lowest BCUT2D eigenvalue weighted by Crippen LogP contribution is -2.24. The highest BCUT2D eigenvalue weighted by Gasteiger charge is 2.13. The first kappa shape index (κ1) is 12.4. The van der Waals surface area contributed by atoms with Crippen molar-refractivity contribution >= 4 is 37.5 Å². The molecule has 0 radical (unpaired) electrons. The zero-order chi connectivity index (χ0) is 11.4. The van der Waals surface area contributed by atoms with Gasteiger partial charge in [-0.15, -0.1) is 0 Å². The molecular formula is C13H17Br2N. The van der Waals surface area contributed by atoms with E-state index in [4.69, 9.17) is 0 Å². The summed E-state index contributed by atoms with van der Waals surface area (Å²) < 4.78 is 1.18. The summed E-state index contributed by atoms with van der Waals surface area (Å²) in [5, 5.41) is 0.937. The molecule has 3 heteroatoms. The summed E-state index contributed by atoms with van der Waals surface area (Å²) in [5.74, 6) is 0. The average molecular weight is 347 g/mol. The van der Waals surface area contributed by atoms with E-state index in [1.54, 1.807) is 0 Å². The molecule has 0 aromatic heterocycles. The molecule has 88 valence electrons. The largest absolute Gasteiger partial charge is 0.371 e. The molecule has 1 fully saturated rings. The number of anilines is 1. The third-order valence-electron chi connectivity index (χ3n) is 3.14. The van der Waals surface area contributed by atoms with Crippen molar-refractivity contribution in [2.24, 2.45) is 0 Å². The van der Waals surface area contributed by atoms with E-state index >= 15 is 0 Å². The third kappa shape index (κ3) is 3.01. The Labute approximate surface area is 114 Å². The molecule has 0 amide bonds. The Bertz CT molecular complexity index is 344. The number of halogens is 2. The van der Waals surface area contributed by atoms with E-state index in [1.165, 1.54) is 54.5 Å². The molecule has 0 saturated carbocycles. The van der Waals surface area contributed by atoms with E-state index in [9.17, 15) is 0 Å². The number of nitrogens with zero attached hydrogens (tertiary/aromatic N) is 1. The summed E-state index contributed by atoms with van der Waals surface area (Å²) in [6.45, 7) is 2.41. The summed E-state index contributed by atoms with van der Waals surface area (Å²) in [6.07, 6.45) is 5.42. The van der Waals surface area contributed by atoms with Crippen LogP contribution >= 0.6 is 31.9 Å². The van der Waals surface area contributed by atoms with Crippen LogP contribution in [0.5, 0.6) is 0 Å². The van der Waals surface area contributed by atoms with Gasteiger partial charge < -0.3 is 4.90 Å². The van der Waals surface area contributed by atoms with Crippen LogP contribution in [0.2, 0.25) is 0 Å². The standard InChI is InChI=1S/C13H17Br2N/c14-10-11-5-6-12(15)9-13(11)16-7-3-1-2-4-8-16/h5-6,9H,1-4,7-8,10H2. The Morgan fingerprint density at radius 1 is 1.06 bits per heavy atom. The van der Waals surface area contributed by atoms with Gasteiger partial charge in [-0.05, 0) is 30.5 Å². The number of alkyl halides is 1. The maximum Gasteiger partial charge on any atom is 0.0418 e. The molecule has 1 aromatic rings. The molecule has 0 bridgehead atoms. The van der Waals surface area contributed by atoms with Gasteiger partial charge in [0.2, 0.25) is 0 Å². The third-order valence-corrected chi connectivity index (χ3v) is 4.24. The summed E-state index contributed by atoms with van der Waals surface area (Å²) in [7, 11) is 0. The minimum atomic E-state index is 0.937. The lowest BCUT2D eigenvalue weighted by atomic mass is 10.1. The van der Waals surface area contributed by atoms with Crippen LogP contribution in [0.4, 0.5) is 5.69 Å². The van der Waals surface area contributed by atoms with E-state index in [1.807, 2.05) is 0 Å². The molecule has 1 aliphatic heterocycles. The zero-order valence-corrected chi connectivity index (χ0v) is 12.6.